The number of halogens is 1. The van der Waals surface area contributed by atoms with Gasteiger partial charge in [0.1, 0.15) is 0 Å². The molecule has 0 saturated heterocycles. The van der Waals surface area contributed by atoms with Crippen molar-refractivity contribution in [2.24, 2.45) is 5.73 Å². The number of hydrogen-bond donors (Lipinski definition) is 1. The van der Waals surface area contributed by atoms with Crippen molar-refractivity contribution < 1.29 is 9.53 Å². The van der Waals surface area contributed by atoms with Crippen LogP contribution in [0, 0.1) is 0 Å². The molecule has 0 heterocycles. The fraction of sp³-hybridized carbons (Fsp3) is 0.417. The lowest BCUT2D eigenvalue weighted by Gasteiger charge is -2.03. The van der Waals surface area contributed by atoms with Gasteiger partial charge in [-0.05, 0) is 29.5 Å². The Morgan fingerprint density at radius 3 is 2.81 bits per heavy atom. The normalized spacial score (nSPS) is 17.5. The van der Waals surface area contributed by atoms with Crippen LogP contribution in [-0.2, 0) is 28.8 Å². The number of fused-ring (bicyclic) bond motifs is 1. The zero-order chi connectivity index (χ0) is 10.8. The van der Waals surface area contributed by atoms with Gasteiger partial charge in [0.2, 0.25) is 0 Å². The first-order chi connectivity index (χ1) is 7.19. The summed E-state index contributed by atoms with van der Waals surface area (Å²) in [5.74, 6) is -0.197. The van der Waals surface area contributed by atoms with Gasteiger partial charge in [-0.25, -0.2) is 0 Å². The molecule has 1 aromatic carbocycles. The van der Waals surface area contributed by atoms with Gasteiger partial charge < -0.3 is 10.5 Å². The molecule has 0 amide bonds. The molecule has 0 spiro atoms. The molecule has 1 unspecified atom stereocenters. The number of esters is 1. The van der Waals surface area contributed by atoms with Gasteiger partial charge in [0, 0.05) is 6.04 Å². The molecule has 1 aliphatic rings. The number of carbonyl (C=O) groups excluding carboxylic acids is 1. The van der Waals surface area contributed by atoms with E-state index in [1.165, 1.54) is 18.2 Å². The van der Waals surface area contributed by atoms with E-state index in [-0.39, 0.29) is 24.4 Å². The number of ether oxygens (including phenoxy) is 1. The minimum Gasteiger partial charge on any atom is -0.469 e. The summed E-state index contributed by atoms with van der Waals surface area (Å²) in [5.41, 5.74) is 9.48. The maximum atomic E-state index is 11.1. The van der Waals surface area contributed by atoms with Gasteiger partial charge in [0.05, 0.1) is 13.5 Å². The van der Waals surface area contributed by atoms with Crippen molar-refractivity contribution >= 4 is 18.4 Å². The lowest BCUT2D eigenvalue weighted by atomic mass is 10.0. The lowest BCUT2D eigenvalue weighted by Crippen LogP contribution is -2.18. The van der Waals surface area contributed by atoms with E-state index in [4.69, 9.17) is 5.73 Å². The second-order valence-electron chi connectivity index (χ2n) is 4.02. The Bertz CT molecular complexity index is 393. The summed E-state index contributed by atoms with van der Waals surface area (Å²) in [4.78, 5) is 11.1. The van der Waals surface area contributed by atoms with Crippen LogP contribution in [-0.4, -0.2) is 19.1 Å². The molecular weight excluding hydrogens is 226 g/mol. The van der Waals surface area contributed by atoms with Gasteiger partial charge in [-0.2, -0.15) is 0 Å². The molecule has 16 heavy (non-hydrogen) atoms. The molecule has 1 atom stereocenters. The molecule has 1 aromatic rings. The molecule has 0 saturated carbocycles. The van der Waals surface area contributed by atoms with Crippen LogP contribution in [0.15, 0.2) is 18.2 Å². The van der Waals surface area contributed by atoms with Gasteiger partial charge in [-0.15, -0.1) is 12.4 Å². The van der Waals surface area contributed by atoms with Crippen LogP contribution in [0.2, 0.25) is 0 Å². The second-order valence-corrected chi connectivity index (χ2v) is 4.02. The molecule has 1 aliphatic carbocycles. The van der Waals surface area contributed by atoms with E-state index in [1.54, 1.807) is 0 Å². The minimum absolute atomic E-state index is 0. The highest BCUT2D eigenvalue weighted by Crippen LogP contribution is 2.22. The Morgan fingerprint density at radius 2 is 2.12 bits per heavy atom. The van der Waals surface area contributed by atoms with Crippen LogP contribution >= 0.6 is 12.4 Å². The van der Waals surface area contributed by atoms with Crippen molar-refractivity contribution in [3.05, 3.63) is 34.9 Å². The van der Waals surface area contributed by atoms with Crippen molar-refractivity contribution in [3.63, 3.8) is 0 Å². The van der Waals surface area contributed by atoms with E-state index < -0.39 is 0 Å². The predicted molar refractivity (Wildman–Crippen MR) is 64.8 cm³/mol. The van der Waals surface area contributed by atoms with Gasteiger partial charge >= 0.3 is 5.97 Å². The van der Waals surface area contributed by atoms with E-state index in [0.717, 1.165) is 18.4 Å². The van der Waals surface area contributed by atoms with Crippen molar-refractivity contribution in [2.45, 2.75) is 25.3 Å². The largest absolute Gasteiger partial charge is 0.469 e. The van der Waals surface area contributed by atoms with Crippen LogP contribution < -0.4 is 5.73 Å². The van der Waals surface area contributed by atoms with E-state index in [2.05, 4.69) is 16.9 Å². The molecule has 2 rings (SSSR count). The summed E-state index contributed by atoms with van der Waals surface area (Å²) in [6.45, 7) is 0. The summed E-state index contributed by atoms with van der Waals surface area (Å²) in [7, 11) is 1.41. The van der Waals surface area contributed by atoms with Crippen LogP contribution in [0.4, 0.5) is 0 Å². The molecular formula is C12H16ClNO2. The van der Waals surface area contributed by atoms with Crippen molar-refractivity contribution in [1.29, 1.82) is 0 Å². The minimum atomic E-state index is -0.197. The Labute approximate surface area is 101 Å². The van der Waals surface area contributed by atoms with Crippen LogP contribution in [0.5, 0.6) is 0 Å². The third kappa shape index (κ3) is 2.74. The average Bonchev–Trinajstić information content (AvgIpc) is 2.57. The first-order valence-electron chi connectivity index (χ1n) is 5.12. The monoisotopic (exact) mass is 241 g/mol. The van der Waals surface area contributed by atoms with Gasteiger partial charge in [0.15, 0.2) is 0 Å². The Balaban J connectivity index is 0.00000128. The first-order valence-corrected chi connectivity index (χ1v) is 5.12. The Kier molecular flexibility index (Phi) is 4.33. The highest BCUT2D eigenvalue weighted by molar-refractivity contribution is 5.85. The molecule has 2 N–H and O–H groups in total. The van der Waals surface area contributed by atoms with Crippen molar-refractivity contribution in [1.82, 2.24) is 0 Å². The summed E-state index contributed by atoms with van der Waals surface area (Å²) >= 11 is 0. The van der Waals surface area contributed by atoms with Crippen molar-refractivity contribution in [2.75, 3.05) is 7.11 Å². The molecule has 0 aromatic heterocycles. The third-order valence-electron chi connectivity index (χ3n) is 2.81. The number of benzene rings is 1. The standard InChI is InChI=1S/C12H15NO2.ClH/c1-15-12(14)5-8-2-3-9-6-11(13)7-10(9)4-8;/h2-4,11H,5-7,13H2,1H3;1H. The number of hydrogen-bond acceptors (Lipinski definition) is 3. The van der Waals surface area contributed by atoms with E-state index >= 15 is 0 Å². The highest BCUT2D eigenvalue weighted by Gasteiger charge is 2.18. The zero-order valence-corrected chi connectivity index (χ0v) is 10.0. The van der Waals surface area contributed by atoms with E-state index in [9.17, 15) is 4.79 Å². The third-order valence-corrected chi connectivity index (χ3v) is 2.81. The molecule has 0 aliphatic heterocycles. The van der Waals surface area contributed by atoms with Crippen LogP contribution in [0.3, 0.4) is 0 Å². The number of rotatable bonds is 2. The highest BCUT2D eigenvalue weighted by atomic mass is 35.5. The van der Waals surface area contributed by atoms with Gasteiger partial charge in [-0.3, -0.25) is 4.79 Å². The molecule has 3 nitrogen and oxygen atoms in total. The number of methoxy groups -OCH3 is 1. The molecule has 0 fully saturated rings. The molecule has 88 valence electrons. The molecule has 0 bridgehead atoms. The van der Waals surface area contributed by atoms with E-state index in [1.807, 2.05) is 6.07 Å². The van der Waals surface area contributed by atoms with Crippen LogP contribution in [0.25, 0.3) is 0 Å². The quantitative estimate of drug-likeness (QED) is 0.793. The molecule has 4 heteroatoms. The topological polar surface area (TPSA) is 52.3 Å². The zero-order valence-electron chi connectivity index (χ0n) is 9.23. The van der Waals surface area contributed by atoms with E-state index in [0.29, 0.717) is 6.42 Å². The fourth-order valence-electron chi connectivity index (χ4n) is 2.05. The average molecular weight is 242 g/mol. The van der Waals surface area contributed by atoms with Gasteiger partial charge in [0.25, 0.3) is 0 Å². The smallest absolute Gasteiger partial charge is 0.309 e. The van der Waals surface area contributed by atoms with Gasteiger partial charge in [-0.1, -0.05) is 18.2 Å². The summed E-state index contributed by atoms with van der Waals surface area (Å²) in [5, 5.41) is 0. The summed E-state index contributed by atoms with van der Waals surface area (Å²) in [6, 6.07) is 6.36. The second kappa shape index (κ2) is 5.32. The lowest BCUT2D eigenvalue weighted by molar-refractivity contribution is -0.139. The number of carbonyl (C=O) groups is 1. The maximum Gasteiger partial charge on any atom is 0.309 e. The first kappa shape index (κ1) is 13.0. The SMILES string of the molecule is COC(=O)Cc1ccc2c(c1)CC(N)C2.Cl. The fourth-order valence-corrected chi connectivity index (χ4v) is 2.05. The Morgan fingerprint density at radius 1 is 1.44 bits per heavy atom. The van der Waals surface area contributed by atoms with Crippen LogP contribution in [0.1, 0.15) is 16.7 Å². The maximum absolute atomic E-state index is 11.1. The Hall–Kier alpha value is -1.06. The summed E-state index contributed by atoms with van der Waals surface area (Å²) < 4.78 is 4.63. The predicted octanol–water partition coefficient (Wildman–Crippen LogP) is 1.25. The molecule has 0 radical (unpaired) electrons. The number of nitrogens with two attached hydrogens (primary N) is 1. The summed E-state index contributed by atoms with van der Waals surface area (Å²) in [6.07, 6.45) is 2.22. The van der Waals surface area contributed by atoms with Crippen molar-refractivity contribution in [3.8, 4) is 0 Å².